The fraction of sp³-hybridized carbons (Fsp3) is 0.283. The van der Waals surface area contributed by atoms with Crippen LogP contribution in [0, 0.1) is 5.41 Å². The van der Waals surface area contributed by atoms with Gasteiger partial charge in [0.1, 0.15) is 39.6 Å². The van der Waals surface area contributed by atoms with Gasteiger partial charge in [0, 0.05) is 0 Å². The first-order chi connectivity index (χ1) is 30.6. The maximum atomic E-state index is 15.4. The maximum Gasteiger partial charge on any atom is 0.236 e. The number of hydrogen-bond acceptors (Lipinski definition) is 8. The van der Waals surface area contributed by atoms with E-state index in [9.17, 15) is 10.2 Å². The first kappa shape index (κ1) is 44.4. The van der Waals surface area contributed by atoms with Crippen LogP contribution in [0.1, 0.15) is 59.1 Å². The van der Waals surface area contributed by atoms with Crippen molar-refractivity contribution < 1.29 is 38.7 Å². The monoisotopic (exact) mass is 848 g/mol. The molecule has 7 rings (SSSR count). The van der Waals surface area contributed by atoms with Crippen molar-refractivity contribution >= 4 is 11.8 Å². The minimum absolute atomic E-state index is 0.226. The van der Waals surface area contributed by atoms with Gasteiger partial charge in [0.2, 0.25) is 11.8 Å². The van der Waals surface area contributed by atoms with E-state index in [-0.39, 0.29) is 25.7 Å². The number of aliphatic hydroxyl groups is 2. The third-order valence-corrected chi connectivity index (χ3v) is 12.6. The van der Waals surface area contributed by atoms with Crippen LogP contribution in [-0.2, 0) is 33.6 Å². The summed E-state index contributed by atoms with van der Waals surface area (Å²) in [6, 6.07) is 45.9. The minimum atomic E-state index is -1.79. The zero-order valence-corrected chi connectivity index (χ0v) is 36.3. The first-order valence-electron chi connectivity index (χ1n) is 21.3. The van der Waals surface area contributed by atoms with Crippen molar-refractivity contribution in [1.29, 1.82) is 0 Å². The van der Waals surface area contributed by atoms with Crippen LogP contribution in [0.3, 0.4) is 0 Å². The summed E-state index contributed by atoms with van der Waals surface area (Å²) in [7, 11) is 6.31. The van der Waals surface area contributed by atoms with Gasteiger partial charge in [-0.1, -0.05) is 122 Å². The van der Waals surface area contributed by atoms with Gasteiger partial charge in [-0.05, 0) is 108 Å². The molecule has 2 atom stereocenters. The largest absolute Gasteiger partial charge is 0.497 e. The van der Waals surface area contributed by atoms with Crippen LogP contribution in [0.4, 0.5) is 0 Å². The lowest BCUT2D eigenvalue weighted by Gasteiger charge is -2.41. The lowest BCUT2D eigenvalue weighted by molar-refractivity contribution is -0.146. The minimum Gasteiger partial charge on any atom is -0.497 e. The van der Waals surface area contributed by atoms with E-state index < -0.39 is 40.5 Å². The van der Waals surface area contributed by atoms with Gasteiger partial charge in [-0.25, -0.2) is 0 Å². The molecule has 1 aliphatic carbocycles. The third-order valence-electron chi connectivity index (χ3n) is 12.6. The molecule has 0 heterocycles. The Hall–Kier alpha value is -6.62. The first-order valence-corrected chi connectivity index (χ1v) is 21.3. The second kappa shape index (κ2) is 19.6. The molecule has 63 heavy (non-hydrogen) atoms. The highest BCUT2D eigenvalue weighted by Crippen LogP contribution is 2.43. The Balaban J connectivity index is 1.32. The standard InChI is InChI=1S/C53H56N2O8/c1-60-43-25-17-39(18-26-43)52(58,40-19-27-44(61-2)28-20-40)47(35-37-13-7-5-8-14-37)54-49(56)51(33-11-12-34-51)50(57)55-48(36-38-15-9-6-10-16-38)53(59,41-21-29-45(62-3)30-22-41)42-23-31-46(63-4)32-24-42/h5-10,13-32,47-48,58-59H,11-12,33-36H2,1-4H3,(H,54,56)(H,55,57)/t47-,48-/m1/s1. The molecule has 0 unspecified atom stereocenters. The van der Waals surface area contributed by atoms with Gasteiger partial charge < -0.3 is 39.8 Å². The van der Waals surface area contributed by atoms with Gasteiger partial charge in [0.05, 0.1) is 40.5 Å². The topological polar surface area (TPSA) is 136 Å². The van der Waals surface area contributed by atoms with Crippen LogP contribution >= 0.6 is 0 Å². The van der Waals surface area contributed by atoms with Crippen LogP contribution in [0.2, 0.25) is 0 Å². The number of rotatable bonds is 18. The fourth-order valence-corrected chi connectivity index (χ4v) is 8.95. The zero-order chi connectivity index (χ0) is 44.5. The average molecular weight is 849 g/mol. The zero-order valence-electron chi connectivity index (χ0n) is 36.3. The van der Waals surface area contributed by atoms with Gasteiger partial charge in [-0.15, -0.1) is 0 Å². The van der Waals surface area contributed by atoms with E-state index in [2.05, 4.69) is 10.6 Å². The lowest BCUT2D eigenvalue weighted by Crippen LogP contribution is -2.61. The summed E-state index contributed by atoms with van der Waals surface area (Å²) in [5, 5.41) is 33.2. The quantitative estimate of drug-likeness (QED) is 0.0642. The molecule has 1 aliphatic rings. The Kier molecular flexibility index (Phi) is 13.8. The van der Waals surface area contributed by atoms with E-state index in [0.29, 0.717) is 58.1 Å². The van der Waals surface area contributed by atoms with Crippen molar-refractivity contribution in [2.75, 3.05) is 28.4 Å². The highest BCUT2D eigenvalue weighted by molar-refractivity contribution is 6.05. The van der Waals surface area contributed by atoms with Crippen LogP contribution < -0.4 is 29.6 Å². The van der Waals surface area contributed by atoms with Crippen LogP contribution in [0.25, 0.3) is 0 Å². The summed E-state index contributed by atoms with van der Waals surface area (Å²) in [6.45, 7) is 0. The Morgan fingerprint density at radius 3 is 1.00 bits per heavy atom. The molecule has 0 aliphatic heterocycles. The van der Waals surface area contributed by atoms with Crippen molar-refractivity contribution in [1.82, 2.24) is 10.6 Å². The number of benzene rings is 6. The predicted molar refractivity (Wildman–Crippen MR) is 243 cm³/mol. The van der Waals surface area contributed by atoms with E-state index in [1.165, 1.54) is 0 Å². The van der Waals surface area contributed by atoms with Crippen molar-refractivity contribution in [3.05, 3.63) is 191 Å². The molecule has 6 aromatic carbocycles. The second-order valence-electron chi connectivity index (χ2n) is 16.2. The van der Waals surface area contributed by atoms with E-state index in [1.54, 1.807) is 126 Å². The van der Waals surface area contributed by atoms with E-state index in [1.807, 2.05) is 60.7 Å². The van der Waals surface area contributed by atoms with Crippen molar-refractivity contribution in [2.24, 2.45) is 5.41 Å². The molecular formula is C53H56N2O8. The smallest absolute Gasteiger partial charge is 0.236 e. The number of methoxy groups -OCH3 is 4. The van der Waals surface area contributed by atoms with Crippen molar-refractivity contribution in [3.8, 4) is 23.0 Å². The molecule has 0 spiro atoms. The Morgan fingerprint density at radius 2 is 0.746 bits per heavy atom. The number of nitrogens with one attached hydrogen (secondary N) is 2. The average Bonchev–Trinajstić information content (AvgIpc) is 3.86. The highest BCUT2D eigenvalue weighted by Gasteiger charge is 2.53. The normalized spacial score (nSPS) is 14.5. The summed E-state index contributed by atoms with van der Waals surface area (Å²) >= 11 is 0. The molecular weight excluding hydrogens is 793 g/mol. The third kappa shape index (κ3) is 9.28. The molecule has 0 saturated heterocycles. The van der Waals surface area contributed by atoms with Gasteiger partial charge in [-0.2, -0.15) is 0 Å². The maximum absolute atomic E-state index is 15.4. The van der Waals surface area contributed by atoms with Crippen molar-refractivity contribution in [3.63, 3.8) is 0 Å². The van der Waals surface area contributed by atoms with Crippen LogP contribution in [0.15, 0.2) is 158 Å². The lowest BCUT2D eigenvalue weighted by atomic mass is 9.75. The fourth-order valence-electron chi connectivity index (χ4n) is 8.95. The van der Waals surface area contributed by atoms with E-state index in [0.717, 1.165) is 11.1 Å². The Labute approximate surface area is 369 Å². The summed E-state index contributed by atoms with van der Waals surface area (Å²) in [6.07, 6.45) is 2.27. The summed E-state index contributed by atoms with van der Waals surface area (Å²) in [5.41, 5.74) is -1.29. The SMILES string of the molecule is COc1ccc(C(O)(c2ccc(OC)cc2)[C@@H](Cc2ccccc2)NC(=O)C2(C(=O)N[C@H](Cc3ccccc3)C(O)(c3ccc(OC)cc3)c3ccc(OC)cc3)CCCC2)cc1. The molecule has 1 fully saturated rings. The summed E-state index contributed by atoms with van der Waals surface area (Å²) in [4.78, 5) is 30.8. The number of amides is 2. The molecule has 4 N–H and O–H groups in total. The molecule has 10 nitrogen and oxygen atoms in total. The molecule has 10 heteroatoms. The van der Waals surface area contributed by atoms with Gasteiger partial charge in [0.15, 0.2) is 0 Å². The number of carbonyl (C=O) groups is 2. The van der Waals surface area contributed by atoms with Crippen molar-refractivity contribution in [2.45, 2.75) is 61.8 Å². The molecule has 0 radical (unpaired) electrons. The van der Waals surface area contributed by atoms with Crippen LogP contribution in [-0.4, -0.2) is 62.6 Å². The number of hydrogen-bond donors (Lipinski definition) is 4. The molecule has 2 amide bonds. The van der Waals surface area contributed by atoms with Crippen LogP contribution in [0.5, 0.6) is 23.0 Å². The Morgan fingerprint density at radius 1 is 0.476 bits per heavy atom. The summed E-state index contributed by atoms with van der Waals surface area (Å²) < 4.78 is 21.9. The van der Waals surface area contributed by atoms with Gasteiger partial charge >= 0.3 is 0 Å². The molecule has 0 bridgehead atoms. The molecule has 1 saturated carbocycles. The van der Waals surface area contributed by atoms with Gasteiger partial charge in [0.25, 0.3) is 0 Å². The Bertz CT molecular complexity index is 2140. The highest BCUT2D eigenvalue weighted by atomic mass is 16.5. The molecule has 6 aromatic rings. The van der Waals surface area contributed by atoms with E-state index in [4.69, 9.17) is 18.9 Å². The number of ether oxygens (including phenoxy) is 4. The van der Waals surface area contributed by atoms with E-state index >= 15 is 9.59 Å². The van der Waals surface area contributed by atoms with Gasteiger partial charge in [-0.3, -0.25) is 9.59 Å². The second-order valence-corrected chi connectivity index (χ2v) is 16.2. The predicted octanol–water partition coefficient (Wildman–Crippen LogP) is 7.91. The summed E-state index contributed by atoms with van der Waals surface area (Å²) in [5.74, 6) is 1.42. The number of carbonyl (C=O) groups excluding carboxylic acids is 2. The molecule has 326 valence electrons. The molecule has 0 aromatic heterocycles.